The van der Waals surface area contributed by atoms with E-state index in [1.165, 1.54) is 0 Å². The Morgan fingerprint density at radius 2 is 2.46 bits per heavy atom. The Morgan fingerprint density at radius 3 is 2.92 bits per heavy atom. The maximum absolute atomic E-state index is 11.6. The Bertz CT molecular complexity index is 338. The fourth-order valence-electron chi connectivity index (χ4n) is 1.30. The van der Waals surface area contributed by atoms with Gasteiger partial charge in [0, 0.05) is 19.4 Å². The van der Waals surface area contributed by atoms with Crippen LogP contribution in [-0.4, -0.2) is 20.9 Å². The number of hydrogen-bond acceptors (Lipinski definition) is 3. The molecule has 13 heavy (non-hydrogen) atoms. The fraction of sp³-hybridized carbons (Fsp3) is 0.556. The molecular weight excluding hydrogens is 166 g/mol. The third kappa shape index (κ3) is 1.49. The van der Waals surface area contributed by atoms with Crippen LogP contribution >= 0.6 is 0 Å². The number of nitrogens with zero attached hydrogens (tertiary/aromatic N) is 2. The summed E-state index contributed by atoms with van der Waals surface area (Å²) in [5, 5.41) is 0. The lowest BCUT2D eigenvalue weighted by Crippen LogP contribution is -2.34. The number of carbonyl (C=O) groups is 1. The van der Waals surface area contributed by atoms with E-state index in [0.717, 1.165) is 18.7 Å². The Balaban J connectivity index is 2.06. The number of ketones is 1. The highest BCUT2D eigenvalue weighted by atomic mass is 16.1. The number of aryl methyl sites for hydroxylation is 1. The van der Waals surface area contributed by atoms with Crippen LogP contribution in [0.25, 0.3) is 0 Å². The average molecular weight is 179 g/mol. The molecule has 0 bridgehead atoms. The molecule has 1 aromatic heterocycles. The summed E-state index contributed by atoms with van der Waals surface area (Å²) >= 11 is 0. The van der Waals surface area contributed by atoms with Gasteiger partial charge in [-0.25, -0.2) is 4.98 Å². The van der Waals surface area contributed by atoms with Crippen molar-refractivity contribution in [3.63, 3.8) is 0 Å². The molecule has 1 aliphatic carbocycles. The lowest BCUT2D eigenvalue weighted by atomic mass is 10.1. The highest BCUT2D eigenvalue weighted by Crippen LogP contribution is 2.33. The summed E-state index contributed by atoms with van der Waals surface area (Å²) in [4.78, 5) is 15.7. The summed E-state index contributed by atoms with van der Waals surface area (Å²) in [5.74, 6) is 0.906. The smallest absolute Gasteiger partial charge is 0.160 e. The van der Waals surface area contributed by atoms with Gasteiger partial charge in [0.15, 0.2) is 5.78 Å². The number of hydrogen-bond donors (Lipinski definition) is 1. The molecule has 0 saturated heterocycles. The molecule has 0 spiro atoms. The first-order chi connectivity index (χ1) is 6.12. The molecule has 2 N–H and O–H groups in total. The first-order valence-corrected chi connectivity index (χ1v) is 4.40. The number of nitrogens with two attached hydrogens (primary N) is 1. The average Bonchev–Trinajstić information content (AvgIpc) is 2.72. The molecule has 0 radical (unpaired) electrons. The van der Waals surface area contributed by atoms with Gasteiger partial charge in [-0.15, -0.1) is 0 Å². The van der Waals surface area contributed by atoms with Crippen molar-refractivity contribution in [1.29, 1.82) is 0 Å². The largest absolute Gasteiger partial charge is 0.338 e. The van der Waals surface area contributed by atoms with E-state index in [1.54, 1.807) is 6.20 Å². The van der Waals surface area contributed by atoms with Gasteiger partial charge in [0.25, 0.3) is 0 Å². The van der Waals surface area contributed by atoms with Gasteiger partial charge in [-0.2, -0.15) is 0 Å². The monoisotopic (exact) mass is 179 g/mol. The van der Waals surface area contributed by atoms with Crippen molar-refractivity contribution in [2.45, 2.75) is 24.8 Å². The van der Waals surface area contributed by atoms with Gasteiger partial charge in [0.2, 0.25) is 0 Å². The summed E-state index contributed by atoms with van der Waals surface area (Å²) in [6, 6.07) is 0. The van der Waals surface area contributed by atoms with E-state index in [2.05, 4.69) is 4.98 Å². The van der Waals surface area contributed by atoms with Crippen LogP contribution in [-0.2, 0) is 18.3 Å². The minimum atomic E-state index is -0.522. The van der Waals surface area contributed by atoms with Crippen LogP contribution in [0.2, 0.25) is 0 Å². The van der Waals surface area contributed by atoms with Crippen LogP contribution in [0.3, 0.4) is 0 Å². The Labute approximate surface area is 76.8 Å². The molecular formula is C9H13N3O. The van der Waals surface area contributed by atoms with Crippen LogP contribution in [0.5, 0.6) is 0 Å². The lowest BCUT2D eigenvalue weighted by molar-refractivity contribution is -0.120. The minimum Gasteiger partial charge on any atom is -0.338 e. The molecule has 1 aliphatic rings. The first-order valence-electron chi connectivity index (χ1n) is 4.40. The molecule has 1 aromatic rings. The van der Waals surface area contributed by atoms with Crippen LogP contribution in [0.1, 0.15) is 18.7 Å². The summed E-state index contributed by atoms with van der Waals surface area (Å²) in [6.45, 7) is 0. The van der Waals surface area contributed by atoms with Gasteiger partial charge < -0.3 is 10.3 Å². The van der Waals surface area contributed by atoms with Crippen LogP contribution in [0.4, 0.5) is 0 Å². The second-order valence-electron chi connectivity index (χ2n) is 3.71. The number of aromatic nitrogens is 2. The van der Waals surface area contributed by atoms with Crippen molar-refractivity contribution in [2.75, 3.05) is 0 Å². The molecule has 0 aliphatic heterocycles. The van der Waals surface area contributed by atoms with Crippen molar-refractivity contribution in [1.82, 2.24) is 9.55 Å². The van der Waals surface area contributed by atoms with E-state index in [1.807, 2.05) is 17.8 Å². The minimum absolute atomic E-state index is 0.113. The number of imidazole rings is 1. The zero-order chi connectivity index (χ0) is 9.47. The molecule has 4 heteroatoms. The highest BCUT2D eigenvalue weighted by Gasteiger charge is 2.45. The lowest BCUT2D eigenvalue weighted by Gasteiger charge is -2.06. The topological polar surface area (TPSA) is 60.9 Å². The van der Waals surface area contributed by atoms with Crippen LogP contribution < -0.4 is 5.73 Å². The number of carbonyl (C=O) groups excluding carboxylic acids is 1. The third-order valence-corrected chi connectivity index (χ3v) is 2.58. The van der Waals surface area contributed by atoms with E-state index in [-0.39, 0.29) is 5.78 Å². The van der Waals surface area contributed by atoms with Gasteiger partial charge in [0.05, 0.1) is 12.0 Å². The zero-order valence-electron chi connectivity index (χ0n) is 7.66. The molecule has 1 heterocycles. The van der Waals surface area contributed by atoms with Gasteiger partial charge in [-0.05, 0) is 12.8 Å². The standard InChI is InChI=1S/C9H13N3O/c1-12-5-4-11-8(12)6-7(13)9(10)2-3-9/h4-5H,2-3,6,10H2,1H3. The second kappa shape index (κ2) is 2.67. The normalized spacial score (nSPS) is 18.6. The van der Waals surface area contributed by atoms with Gasteiger partial charge in [0.1, 0.15) is 5.82 Å². The van der Waals surface area contributed by atoms with E-state index < -0.39 is 5.54 Å². The van der Waals surface area contributed by atoms with Crippen molar-refractivity contribution < 1.29 is 4.79 Å². The molecule has 4 nitrogen and oxygen atoms in total. The van der Waals surface area contributed by atoms with Gasteiger partial charge in [-0.3, -0.25) is 4.79 Å². The highest BCUT2D eigenvalue weighted by molar-refractivity contribution is 5.92. The third-order valence-electron chi connectivity index (χ3n) is 2.58. The fourth-order valence-corrected chi connectivity index (χ4v) is 1.30. The Morgan fingerprint density at radius 1 is 1.77 bits per heavy atom. The molecule has 0 atom stereocenters. The second-order valence-corrected chi connectivity index (χ2v) is 3.71. The number of rotatable bonds is 3. The van der Waals surface area contributed by atoms with Gasteiger partial charge >= 0.3 is 0 Å². The SMILES string of the molecule is Cn1ccnc1CC(=O)C1(N)CC1. The predicted octanol–water partition coefficient (Wildman–Crippen LogP) is 0.0230. The summed E-state index contributed by atoms with van der Waals surface area (Å²) in [5.41, 5.74) is 5.25. The van der Waals surface area contributed by atoms with E-state index in [9.17, 15) is 4.79 Å². The van der Waals surface area contributed by atoms with Crippen LogP contribution in [0, 0.1) is 0 Å². The van der Waals surface area contributed by atoms with Gasteiger partial charge in [-0.1, -0.05) is 0 Å². The molecule has 1 fully saturated rings. The summed E-state index contributed by atoms with van der Waals surface area (Å²) in [7, 11) is 1.88. The zero-order valence-corrected chi connectivity index (χ0v) is 7.66. The first kappa shape index (κ1) is 8.44. The molecule has 0 aromatic carbocycles. The number of Topliss-reactive ketones (excluding diaryl/α,β-unsaturated/α-hetero) is 1. The van der Waals surface area contributed by atoms with Crippen molar-refractivity contribution in [2.24, 2.45) is 12.8 Å². The molecule has 2 rings (SSSR count). The van der Waals surface area contributed by atoms with E-state index in [0.29, 0.717) is 6.42 Å². The molecule has 0 amide bonds. The Hall–Kier alpha value is -1.16. The predicted molar refractivity (Wildman–Crippen MR) is 48.1 cm³/mol. The van der Waals surface area contributed by atoms with Crippen molar-refractivity contribution >= 4 is 5.78 Å². The maximum Gasteiger partial charge on any atom is 0.160 e. The van der Waals surface area contributed by atoms with E-state index in [4.69, 9.17) is 5.73 Å². The maximum atomic E-state index is 11.6. The summed E-state index contributed by atoms with van der Waals surface area (Å²) in [6.07, 6.45) is 5.55. The van der Waals surface area contributed by atoms with Crippen molar-refractivity contribution in [3.8, 4) is 0 Å². The summed E-state index contributed by atoms with van der Waals surface area (Å²) < 4.78 is 1.85. The van der Waals surface area contributed by atoms with E-state index >= 15 is 0 Å². The Kier molecular flexibility index (Phi) is 1.73. The molecule has 70 valence electrons. The quantitative estimate of drug-likeness (QED) is 0.711. The molecule has 1 saturated carbocycles. The molecule has 0 unspecified atom stereocenters. The van der Waals surface area contributed by atoms with Crippen molar-refractivity contribution in [3.05, 3.63) is 18.2 Å². The van der Waals surface area contributed by atoms with Crippen LogP contribution in [0.15, 0.2) is 12.4 Å².